The molecule has 156 valence electrons. The van der Waals surface area contributed by atoms with E-state index in [2.05, 4.69) is 15.3 Å². The smallest absolute Gasteiger partial charge is 0.253 e. The molecule has 31 heavy (non-hydrogen) atoms. The van der Waals surface area contributed by atoms with E-state index in [1.807, 2.05) is 72.5 Å². The van der Waals surface area contributed by atoms with E-state index in [1.54, 1.807) is 6.33 Å². The molecule has 1 fully saturated rings. The van der Waals surface area contributed by atoms with Crippen LogP contribution in [0.5, 0.6) is 0 Å². The fraction of sp³-hybridized carbons (Fsp3) is 0.240. The van der Waals surface area contributed by atoms with Crippen molar-refractivity contribution in [3.05, 3.63) is 84.0 Å². The van der Waals surface area contributed by atoms with Crippen LogP contribution in [0.15, 0.2) is 71.4 Å². The Bertz CT molecular complexity index is 1210. The Morgan fingerprint density at radius 3 is 2.65 bits per heavy atom. The van der Waals surface area contributed by atoms with Crippen molar-refractivity contribution in [2.24, 2.45) is 0 Å². The summed E-state index contributed by atoms with van der Waals surface area (Å²) >= 11 is 0. The zero-order valence-corrected chi connectivity index (χ0v) is 17.4. The third-order valence-corrected chi connectivity index (χ3v) is 5.82. The van der Waals surface area contributed by atoms with Crippen LogP contribution in [0.3, 0.4) is 0 Å². The molecule has 1 aliphatic rings. The van der Waals surface area contributed by atoms with Crippen molar-refractivity contribution in [1.29, 1.82) is 0 Å². The first kappa shape index (κ1) is 19.3. The highest BCUT2D eigenvalue weighted by Gasteiger charge is 2.26. The van der Waals surface area contributed by atoms with Gasteiger partial charge < -0.3 is 14.6 Å². The third-order valence-electron chi connectivity index (χ3n) is 5.82. The molecule has 5 rings (SSSR count). The number of nitrogens with one attached hydrogen (secondary N) is 1. The fourth-order valence-corrected chi connectivity index (χ4v) is 4.20. The standard InChI is InChI=1S/C25H24N4O2/c1-17-13-20-14-19(7-8-23(20)31-17)25(30)29-11-9-18(10-12-29)22-15-24(27-16-26-22)28-21-5-3-2-4-6-21/h2-8,13-16,18H,9-12H2,1H3,(H,26,27,28). The molecule has 0 bridgehead atoms. The van der Waals surface area contributed by atoms with Gasteiger partial charge in [0.1, 0.15) is 23.5 Å². The van der Waals surface area contributed by atoms with Crippen LogP contribution in [0, 0.1) is 6.92 Å². The zero-order chi connectivity index (χ0) is 21.2. The number of likely N-dealkylation sites (tertiary alicyclic amines) is 1. The van der Waals surface area contributed by atoms with Crippen LogP contribution in [0.25, 0.3) is 11.0 Å². The minimum absolute atomic E-state index is 0.0772. The lowest BCUT2D eigenvalue weighted by atomic mass is 9.92. The summed E-state index contributed by atoms with van der Waals surface area (Å²) in [4.78, 5) is 23.8. The quantitative estimate of drug-likeness (QED) is 0.493. The molecule has 1 N–H and O–H groups in total. The number of para-hydroxylation sites is 1. The van der Waals surface area contributed by atoms with Crippen LogP contribution >= 0.6 is 0 Å². The summed E-state index contributed by atoms with van der Waals surface area (Å²) in [6, 6.07) is 19.6. The number of furan rings is 1. The number of rotatable bonds is 4. The SMILES string of the molecule is Cc1cc2cc(C(=O)N3CCC(c4cc(Nc5ccccc5)ncn4)CC3)ccc2o1. The molecule has 2 aromatic heterocycles. The number of nitrogens with zero attached hydrogens (tertiary/aromatic N) is 3. The van der Waals surface area contributed by atoms with Gasteiger partial charge in [-0.2, -0.15) is 0 Å². The highest BCUT2D eigenvalue weighted by Crippen LogP contribution is 2.29. The lowest BCUT2D eigenvalue weighted by molar-refractivity contribution is 0.0712. The summed E-state index contributed by atoms with van der Waals surface area (Å²) < 4.78 is 5.62. The summed E-state index contributed by atoms with van der Waals surface area (Å²) in [5, 5.41) is 4.29. The van der Waals surface area contributed by atoms with Gasteiger partial charge in [0.15, 0.2) is 0 Å². The maximum atomic E-state index is 13.0. The third kappa shape index (κ3) is 4.14. The normalized spacial score (nSPS) is 14.7. The molecule has 1 aliphatic heterocycles. The van der Waals surface area contributed by atoms with Gasteiger partial charge in [-0.15, -0.1) is 0 Å². The number of anilines is 2. The summed E-state index contributed by atoms with van der Waals surface area (Å²) in [7, 11) is 0. The number of carbonyl (C=O) groups excluding carboxylic acids is 1. The second kappa shape index (κ2) is 8.22. The average molecular weight is 412 g/mol. The molecule has 3 heterocycles. The lowest BCUT2D eigenvalue weighted by Crippen LogP contribution is -2.38. The first-order chi connectivity index (χ1) is 15.2. The molecule has 0 spiro atoms. The molecule has 0 saturated carbocycles. The van der Waals surface area contributed by atoms with E-state index in [4.69, 9.17) is 4.42 Å². The summed E-state index contributed by atoms with van der Waals surface area (Å²) in [6.07, 6.45) is 3.39. The van der Waals surface area contributed by atoms with Crippen molar-refractivity contribution in [3.63, 3.8) is 0 Å². The van der Waals surface area contributed by atoms with Gasteiger partial charge in [0.05, 0.1) is 0 Å². The summed E-state index contributed by atoms with van der Waals surface area (Å²) in [6.45, 7) is 3.36. The molecular formula is C25H24N4O2. The van der Waals surface area contributed by atoms with Crippen LogP contribution in [0.1, 0.15) is 40.6 Å². The predicted molar refractivity (Wildman–Crippen MR) is 121 cm³/mol. The number of fused-ring (bicyclic) bond motifs is 1. The van der Waals surface area contributed by atoms with Gasteiger partial charge in [-0.05, 0) is 56.2 Å². The van der Waals surface area contributed by atoms with E-state index in [0.717, 1.165) is 59.9 Å². The number of carbonyl (C=O) groups is 1. The van der Waals surface area contributed by atoms with Gasteiger partial charge in [-0.25, -0.2) is 9.97 Å². The van der Waals surface area contributed by atoms with E-state index < -0.39 is 0 Å². The molecule has 0 unspecified atom stereocenters. The fourth-order valence-electron chi connectivity index (χ4n) is 4.20. The van der Waals surface area contributed by atoms with Crippen molar-refractivity contribution >= 4 is 28.4 Å². The van der Waals surface area contributed by atoms with Gasteiger partial charge in [0.2, 0.25) is 0 Å². The summed E-state index contributed by atoms with van der Waals surface area (Å²) in [5.41, 5.74) is 3.55. The van der Waals surface area contributed by atoms with Crippen molar-refractivity contribution < 1.29 is 9.21 Å². The van der Waals surface area contributed by atoms with Crippen LogP contribution < -0.4 is 5.32 Å². The van der Waals surface area contributed by atoms with Crippen LogP contribution in [0.4, 0.5) is 11.5 Å². The van der Waals surface area contributed by atoms with Gasteiger partial charge in [0.25, 0.3) is 5.91 Å². The maximum Gasteiger partial charge on any atom is 0.253 e. The van der Waals surface area contributed by atoms with Gasteiger partial charge >= 0.3 is 0 Å². The topological polar surface area (TPSA) is 71.3 Å². The molecular weight excluding hydrogens is 388 g/mol. The number of hydrogen-bond donors (Lipinski definition) is 1. The van der Waals surface area contributed by atoms with Crippen molar-refractivity contribution in [2.45, 2.75) is 25.7 Å². The first-order valence-corrected chi connectivity index (χ1v) is 10.6. The van der Waals surface area contributed by atoms with E-state index in [0.29, 0.717) is 11.5 Å². The molecule has 0 atom stereocenters. The average Bonchev–Trinajstić information content (AvgIpc) is 3.19. The first-order valence-electron chi connectivity index (χ1n) is 10.6. The molecule has 0 radical (unpaired) electrons. The molecule has 1 amide bonds. The van der Waals surface area contributed by atoms with Gasteiger partial charge in [0, 0.05) is 47.4 Å². The Hall–Kier alpha value is -3.67. The molecule has 2 aromatic carbocycles. The van der Waals surface area contributed by atoms with E-state index in [-0.39, 0.29) is 5.91 Å². The minimum atomic E-state index is 0.0772. The second-order valence-electron chi connectivity index (χ2n) is 8.00. The highest BCUT2D eigenvalue weighted by atomic mass is 16.3. The van der Waals surface area contributed by atoms with Crippen molar-refractivity contribution in [2.75, 3.05) is 18.4 Å². The predicted octanol–water partition coefficient (Wildman–Crippen LogP) is 5.29. The number of piperidine rings is 1. The number of aromatic nitrogens is 2. The van der Waals surface area contributed by atoms with E-state index in [9.17, 15) is 4.79 Å². The highest BCUT2D eigenvalue weighted by molar-refractivity contribution is 5.97. The Labute approximate surface area is 180 Å². The van der Waals surface area contributed by atoms with Crippen molar-refractivity contribution in [1.82, 2.24) is 14.9 Å². The molecule has 6 heteroatoms. The number of benzene rings is 2. The molecule has 6 nitrogen and oxygen atoms in total. The number of aryl methyl sites for hydroxylation is 1. The maximum absolute atomic E-state index is 13.0. The van der Waals surface area contributed by atoms with Gasteiger partial charge in [-0.3, -0.25) is 4.79 Å². The Kier molecular flexibility index (Phi) is 5.12. The molecule has 4 aromatic rings. The molecule has 1 saturated heterocycles. The minimum Gasteiger partial charge on any atom is -0.461 e. The van der Waals surface area contributed by atoms with Crippen LogP contribution in [0.2, 0.25) is 0 Å². The largest absolute Gasteiger partial charge is 0.461 e. The summed E-state index contributed by atoms with van der Waals surface area (Å²) in [5.74, 6) is 2.04. The number of amides is 1. The monoisotopic (exact) mass is 412 g/mol. The van der Waals surface area contributed by atoms with E-state index >= 15 is 0 Å². The second-order valence-corrected chi connectivity index (χ2v) is 8.00. The van der Waals surface area contributed by atoms with Crippen LogP contribution in [-0.2, 0) is 0 Å². The Morgan fingerprint density at radius 1 is 1.03 bits per heavy atom. The Balaban J connectivity index is 1.24. The Morgan fingerprint density at radius 2 is 1.84 bits per heavy atom. The van der Waals surface area contributed by atoms with Crippen LogP contribution in [-0.4, -0.2) is 33.9 Å². The van der Waals surface area contributed by atoms with Gasteiger partial charge in [-0.1, -0.05) is 18.2 Å². The van der Waals surface area contributed by atoms with Crippen molar-refractivity contribution in [3.8, 4) is 0 Å². The molecule has 0 aliphatic carbocycles. The zero-order valence-electron chi connectivity index (χ0n) is 17.4. The van der Waals surface area contributed by atoms with E-state index in [1.165, 1.54) is 0 Å². The lowest BCUT2D eigenvalue weighted by Gasteiger charge is -2.32. The number of hydrogen-bond acceptors (Lipinski definition) is 5.